The third kappa shape index (κ3) is 4.85. The van der Waals surface area contributed by atoms with Crippen LogP contribution in [0.25, 0.3) is 0 Å². The number of hydrogen-bond acceptors (Lipinski definition) is 2. The summed E-state index contributed by atoms with van der Waals surface area (Å²) in [6, 6.07) is 0.469. The van der Waals surface area contributed by atoms with Gasteiger partial charge in [-0.15, -0.1) is 0 Å². The van der Waals surface area contributed by atoms with Gasteiger partial charge in [-0.25, -0.2) is 0 Å². The summed E-state index contributed by atoms with van der Waals surface area (Å²) in [7, 11) is 0. The first-order valence-electron chi connectivity index (χ1n) is 9.59. The van der Waals surface area contributed by atoms with Crippen LogP contribution in [0.1, 0.15) is 58.3 Å². The van der Waals surface area contributed by atoms with Gasteiger partial charge in [0.2, 0.25) is 5.91 Å². The molecule has 1 amide bonds. The molecule has 1 heterocycles. The van der Waals surface area contributed by atoms with Gasteiger partial charge in [0.1, 0.15) is 0 Å². The first-order valence-corrected chi connectivity index (χ1v) is 9.59. The van der Waals surface area contributed by atoms with Crippen molar-refractivity contribution in [2.75, 3.05) is 26.2 Å². The van der Waals surface area contributed by atoms with Gasteiger partial charge in [0, 0.05) is 38.6 Å². The Morgan fingerprint density at radius 2 is 1.83 bits per heavy atom. The van der Waals surface area contributed by atoms with E-state index in [1.807, 2.05) is 0 Å². The van der Waals surface area contributed by atoms with Crippen molar-refractivity contribution in [3.05, 3.63) is 0 Å². The third-order valence-corrected chi connectivity index (χ3v) is 5.38. The number of carbonyl (C=O) groups excluding carboxylic acids is 1. The van der Waals surface area contributed by atoms with E-state index in [2.05, 4.69) is 22.5 Å². The van der Waals surface area contributed by atoms with Gasteiger partial charge in [0.25, 0.3) is 0 Å². The lowest BCUT2D eigenvalue weighted by molar-refractivity contribution is -0.121. The number of nitrogens with one attached hydrogen (secondary N) is 2. The second-order valence-corrected chi connectivity index (χ2v) is 7.39. The van der Waals surface area contributed by atoms with Gasteiger partial charge in [-0.3, -0.25) is 9.79 Å². The number of nitrogens with zero attached hydrogens (tertiary/aromatic N) is 2. The molecule has 2 N–H and O–H groups in total. The predicted octanol–water partition coefficient (Wildman–Crippen LogP) is 2.13. The van der Waals surface area contributed by atoms with Crippen molar-refractivity contribution in [1.82, 2.24) is 15.5 Å². The predicted molar refractivity (Wildman–Crippen MR) is 93.4 cm³/mol. The molecule has 23 heavy (non-hydrogen) atoms. The van der Waals surface area contributed by atoms with Gasteiger partial charge in [-0.05, 0) is 50.9 Å². The van der Waals surface area contributed by atoms with E-state index < -0.39 is 0 Å². The van der Waals surface area contributed by atoms with Crippen molar-refractivity contribution in [1.29, 1.82) is 0 Å². The largest absolute Gasteiger partial charge is 0.357 e. The number of amides is 1. The van der Waals surface area contributed by atoms with Gasteiger partial charge < -0.3 is 15.5 Å². The fraction of sp³-hybridized carbons (Fsp3) is 0.889. The highest BCUT2D eigenvalue weighted by atomic mass is 16.1. The van der Waals surface area contributed by atoms with Crippen molar-refractivity contribution < 1.29 is 4.79 Å². The number of carbonyl (C=O) groups is 1. The standard InChI is InChI=1S/C18H32N4O/c1-2-19-18(20-11-5-8-17(23)21-16-9-10-16)22-12-14-6-3-4-7-15(14)13-22/h14-16H,2-13H2,1H3,(H,19,20)(H,21,23). The molecule has 2 saturated carbocycles. The van der Waals surface area contributed by atoms with Crippen LogP contribution in [0.5, 0.6) is 0 Å². The molecule has 1 aliphatic heterocycles. The molecule has 0 bridgehead atoms. The van der Waals surface area contributed by atoms with Crippen molar-refractivity contribution in [2.45, 2.75) is 64.3 Å². The molecule has 2 aliphatic carbocycles. The molecule has 0 aromatic carbocycles. The maximum atomic E-state index is 11.7. The first-order chi connectivity index (χ1) is 11.3. The lowest BCUT2D eigenvalue weighted by Gasteiger charge is -2.22. The van der Waals surface area contributed by atoms with Gasteiger partial charge in [0.05, 0.1) is 0 Å². The lowest BCUT2D eigenvalue weighted by Crippen LogP contribution is -2.40. The molecule has 2 atom stereocenters. The first kappa shape index (κ1) is 16.6. The van der Waals surface area contributed by atoms with E-state index >= 15 is 0 Å². The molecule has 1 saturated heterocycles. The van der Waals surface area contributed by atoms with E-state index in [0.717, 1.165) is 50.1 Å². The van der Waals surface area contributed by atoms with Crippen LogP contribution in [-0.4, -0.2) is 49.0 Å². The fourth-order valence-corrected chi connectivity index (χ4v) is 3.96. The summed E-state index contributed by atoms with van der Waals surface area (Å²) < 4.78 is 0. The van der Waals surface area contributed by atoms with Crippen LogP contribution >= 0.6 is 0 Å². The number of guanidine groups is 1. The van der Waals surface area contributed by atoms with Crippen LogP contribution in [0, 0.1) is 11.8 Å². The Morgan fingerprint density at radius 1 is 1.13 bits per heavy atom. The van der Waals surface area contributed by atoms with Crippen LogP contribution in [-0.2, 0) is 4.79 Å². The minimum absolute atomic E-state index is 0.194. The average Bonchev–Trinajstić information content (AvgIpc) is 3.25. The molecule has 0 aromatic rings. The molecule has 5 heteroatoms. The monoisotopic (exact) mass is 320 g/mol. The summed E-state index contributed by atoms with van der Waals surface area (Å²) in [5.41, 5.74) is 0. The average molecular weight is 320 g/mol. The van der Waals surface area contributed by atoms with Crippen LogP contribution in [0.2, 0.25) is 0 Å². The Labute approximate surface area is 140 Å². The lowest BCUT2D eigenvalue weighted by atomic mass is 9.82. The Bertz CT molecular complexity index is 419. The minimum atomic E-state index is 0.194. The smallest absolute Gasteiger partial charge is 0.220 e. The molecular weight excluding hydrogens is 288 g/mol. The van der Waals surface area contributed by atoms with E-state index in [-0.39, 0.29) is 5.91 Å². The number of likely N-dealkylation sites (tertiary alicyclic amines) is 1. The summed E-state index contributed by atoms with van der Waals surface area (Å²) in [6.07, 6.45) is 9.34. The maximum absolute atomic E-state index is 11.7. The van der Waals surface area contributed by atoms with Crippen molar-refractivity contribution in [3.63, 3.8) is 0 Å². The van der Waals surface area contributed by atoms with E-state index in [0.29, 0.717) is 12.5 Å². The Kier molecular flexibility index (Phi) is 5.79. The molecule has 3 rings (SSSR count). The fourth-order valence-electron chi connectivity index (χ4n) is 3.96. The van der Waals surface area contributed by atoms with Crippen LogP contribution < -0.4 is 10.6 Å². The molecule has 3 fully saturated rings. The Morgan fingerprint density at radius 3 is 2.43 bits per heavy atom. The molecule has 5 nitrogen and oxygen atoms in total. The number of rotatable bonds is 6. The second-order valence-electron chi connectivity index (χ2n) is 7.39. The van der Waals surface area contributed by atoms with Crippen LogP contribution in [0.4, 0.5) is 0 Å². The zero-order valence-electron chi connectivity index (χ0n) is 14.5. The van der Waals surface area contributed by atoms with Gasteiger partial charge in [0.15, 0.2) is 5.96 Å². The molecule has 2 unspecified atom stereocenters. The van der Waals surface area contributed by atoms with E-state index in [4.69, 9.17) is 4.99 Å². The van der Waals surface area contributed by atoms with Crippen molar-refractivity contribution in [2.24, 2.45) is 16.8 Å². The zero-order valence-corrected chi connectivity index (χ0v) is 14.5. The zero-order chi connectivity index (χ0) is 16.1. The van der Waals surface area contributed by atoms with Crippen molar-refractivity contribution in [3.8, 4) is 0 Å². The topological polar surface area (TPSA) is 56.7 Å². The molecule has 130 valence electrons. The Hall–Kier alpha value is -1.26. The third-order valence-electron chi connectivity index (χ3n) is 5.38. The summed E-state index contributed by atoms with van der Waals surface area (Å²) in [4.78, 5) is 18.9. The number of aliphatic imine (C=N–C) groups is 1. The van der Waals surface area contributed by atoms with E-state index in [1.54, 1.807) is 0 Å². The van der Waals surface area contributed by atoms with Crippen LogP contribution in [0.3, 0.4) is 0 Å². The minimum Gasteiger partial charge on any atom is -0.357 e. The SMILES string of the molecule is CCNC(=NCCCC(=O)NC1CC1)N1CC2CCCCC2C1. The number of hydrogen-bond donors (Lipinski definition) is 2. The molecule has 0 spiro atoms. The van der Waals surface area contributed by atoms with Crippen LogP contribution in [0.15, 0.2) is 4.99 Å². The van der Waals surface area contributed by atoms with E-state index in [1.165, 1.54) is 38.8 Å². The highest BCUT2D eigenvalue weighted by molar-refractivity contribution is 5.80. The molecular formula is C18H32N4O. The summed E-state index contributed by atoms with van der Waals surface area (Å²) in [5, 5.41) is 6.48. The van der Waals surface area contributed by atoms with Gasteiger partial charge in [-0.2, -0.15) is 0 Å². The summed E-state index contributed by atoms with van der Waals surface area (Å²) in [6.45, 7) is 6.11. The molecule has 0 aromatic heterocycles. The molecule has 0 radical (unpaired) electrons. The maximum Gasteiger partial charge on any atom is 0.220 e. The quantitative estimate of drug-likeness (QED) is 0.448. The molecule has 3 aliphatic rings. The second kappa shape index (κ2) is 8.02. The highest BCUT2D eigenvalue weighted by Gasteiger charge is 2.35. The van der Waals surface area contributed by atoms with Gasteiger partial charge in [-0.1, -0.05) is 12.8 Å². The number of fused-ring (bicyclic) bond motifs is 1. The highest BCUT2D eigenvalue weighted by Crippen LogP contribution is 2.35. The van der Waals surface area contributed by atoms with E-state index in [9.17, 15) is 4.79 Å². The summed E-state index contributed by atoms with van der Waals surface area (Å²) >= 11 is 0. The van der Waals surface area contributed by atoms with Crippen molar-refractivity contribution >= 4 is 11.9 Å². The summed E-state index contributed by atoms with van der Waals surface area (Å²) in [5.74, 6) is 3.00. The van der Waals surface area contributed by atoms with Gasteiger partial charge >= 0.3 is 0 Å². The normalized spacial score (nSPS) is 27.7. The Balaban J connectivity index is 1.44.